The zero-order chi connectivity index (χ0) is 14.4. The number of nitrogens with one attached hydrogen (secondary N) is 1. The van der Waals surface area contributed by atoms with E-state index < -0.39 is 0 Å². The number of benzene rings is 1. The van der Waals surface area contributed by atoms with Crippen LogP contribution in [-0.4, -0.2) is 30.6 Å². The molecule has 1 unspecified atom stereocenters. The second-order valence-corrected chi connectivity index (χ2v) is 5.98. The molecule has 2 rings (SSSR count). The van der Waals surface area contributed by atoms with Gasteiger partial charge >= 0.3 is 0 Å². The van der Waals surface area contributed by atoms with Gasteiger partial charge in [0, 0.05) is 19.1 Å². The Hall–Kier alpha value is -0.640. The number of nitrogens with zero attached hydrogens (tertiary/aromatic N) is 1. The molecule has 1 N–H and O–H groups in total. The third-order valence-electron chi connectivity index (χ3n) is 3.93. The fourth-order valence-electron chi connectivity index (χ4n) is 2.82. The number of likely N-dealkylation sites (tertiary alicyclic amines) is 1. The first-order valence-electron chi connectivity index (χ1n) is 7.59. The lowest BCUT2D eigenvalue weighted by molar-refractivity contribution is 0.137. The molecule has 1 atom stereocenters. The van der Waals surface area contributed by atoms with Crippen LogP contribution in [0.4, 0.5) is 4.39 Å². The maximum absolute atomic E-state index is 13.5. The molecule has 1 aromatic carbocycles. The van der Waals surface area contributed by atoms with Gasteiger partial charge in [0.15, 0.2) is 0 Å². The fraction of sp³-hybridized carbons (Fsp3) is 0.625. The van der Waals surface area contributed by atoms with Gasteiger partial charge in [0.2, 0.25) is 0 Å². The summed E-state index contributed by atoms with van der Waals surface area (Å²) in [4.78, 5) is 2.47. The molecule has 1 aromatic rings. The van der Waals surface area contributed by atoms with Crippen LogP contribution in [-0.2, 0) is 6.54 Å². The van der Waals surface area contributed by atoms with E-state index in [9.17, 15) is 4.39 Å². The summed E-state index contributed by atoms with van der Waals surface area (Å²) in [6.07, 6.45) is 4.92. The van der Waals surface area contributed by atoms with Crippen molar-refractivity contribution in [2.24, 2.45) is 0 Å². The lowest BCUT2D eigenvalue weighted by atomic mass is 10.0. The van der Waals surface area contributed by atoms with Crippen molar-refractivity contribution in [2.75, 3.05) is 19.6 Å². The van der Waals surface area contributed by atoms with Crippen molar-refractivity contribution in [1.29, 1.82) is 0 Å². The van der Waals surface area contributed by atoms with Crippen LogP contribution in [0.15, 0.2) is 18.2 Å². The van der Waals surface area contributed by atoms with E-state index in [0.29, 0.717) is 6.04 Å². The Balaban J connectivity index is 1.95. The maximum Gasteiger partial charge on any atom is 0.142 e. The van der Waals surface area contributed by atoms with Crippen LogP contribution in [0.2, 0.25) is 5.02 Å². The zero-order valence-electron chi connectivity index (χ0n) is 12.2. The molecule has 0 bridgehead atoms. The highest BCUT2D eigenvalue weighted by molar-refractivity contribution is 6.30. The number of halogens is 2. The third-order valence-corrected chi connectivity index (χ3v) is 4.23. The molecule has 0 radical (unpaired) electrons. The molecule has 1 fully saturated rings. The monoisotopic (exact) mass is 298 g/mol. The smallest absolute Gasteiger partial charge is 0.142 e. The van der Waals surface area contributed by atoms with E-state index >= 15 is 0 Å². The lowest BCUT2D eigenvalue weighted by Gasteiger charge is -2.36. The summed E-state index contributed by atoms with van der Waals surface area (Å²) in [5, 5.41) is 3.71. The van der Waals surface area contributed by atoms with Crippen molar-refractivity contribution < 1.29 is 4.39 Å². The molecule has 20 heavy (non-hydrogen) atoms. The highest BCUT2D eigenvalue weighted by Crippen LogP contribution is 2.21. The van der Waals surface area contributed by atoms with E-state index in [0.717, 1.165) is 38.2 Å². The number of hydrogen-bond donors (Lipinski definition) is 1. The molecule has 0 spiro atoms. The Bertz CT molecular complexity index is 425. The van der Waals surface area contributed by atoms with Crippen LogP contribution < -0.4 is 5.32 Å². The predicted molar refractivity (Wildman–Crippen MR) is 82.6 cm³/mol. The molecule has 112 valence electrons. The van der Waals surface area contributed by atoms with Gasteiger partial charge in [-0.1, -0.05) is 31.0 Å². The predicted octanol–water partition coefficient (Wildman–Crippen LogP) is 3.83. The zero-order valence-corrected chi connectivity index (χ0v) is 12.9. The van der Waals surface area contributed by atoms with Gasteiger partial charge in [0.25, 0.3) is 0 Å². The minimum absolute atomic E-state index is 0.202. The molecule has 1 aliphatic heterocycles. The minimum atomic E-state index is -0.318. The van der Waals surface area contributed by atoms with Gasteiger partial charge in [-0.05, 0) is 50.0 Å². The summed E-state index contributed by atoms with van der Waals surface area (Å²) in [6.45, 7) is 6.20. The van der Waals surface area contributed by atoms with Gasteiger partial charge in [-0.2, -0.15) is 0 Å². The lowest BCUT2D eigenvalue weighted by Crippen LogP contribution is -2.45. The SMILES string of the molecule is CCCNCC1CCCCN1Cc1ccc(Cl)c(F)c1. The van der Waals surface area contributed by atoms with Crippen molar-refractivity contribution in [3.63, 3.8) is 0 Å². The van der Waals surface area contributed by atoms with Crippen LogP contribution in [0.25, 0.3) is 0 Å². The molecular formula is C16H24ClFN2. The normalized spacial score (nSPS) is 20.2. The molecule has 0 amide bonds. The van der Waals surface area contributed by atoms with Gasteiger partial charge in [-0.15, -0.1) is 0 Å². The van der Waals surface area contributed by atoms with E-state index in [1.54, 1.807) is 12.1 Å². The van der Waals surface area contributed by atoms with Crippen LogP contribution in [0.1, 0.15) is 38.2 Å². The Kier molecular flexibility index (Phi) is 6.27. The Morgan fingerprint density at radius 2 is 2.25 bits per heavy atom. The molecule has 2 nitrogen and oxygen atoms in total. The van der Waals surface area contributed by atoms with E-state index in [2.05, 4.69) is 17.1 Å². The summed E-state index contributed by atoms with van der Waals surface area (Å²) in [5.74, 6) is -0.318. The molecule has 0 aromatic heterocycles. The first kappa shape index (κ1) is 15.7. The van der Waals surface area contributed by atoms with Crippen LogP contribution in [0, 0.1) is 5.82 Å². The number of rotatable bonds is 6. The van der Waals surface area contributed by atoms with Gasteiger partial charge in [0.1, 0.15) is 5.82 Å². The summed E-state index contributed by atoms with van der Waals surface area (Å²) in [7, 11) is 0. The Labute approximate surface area is 126 Å². The molecular weight excluding hydrogens is 275 g/mol. The quantitative estimate of drug-likeness (QED) is 0.803. The average Bonchev–Trinajstić information content (AvgIpc) is 2.45. The van der Waals surface area contributed by atoms with Crippen molar-refractivity contribution in [3.05, 3.63) is 34.6 Å². The van der Waals surface area contributed by atoms with Gasteiger partial charge < -0.3 is 5.32 Å². The first-order valence-corrected chi connectivity index (χ1v) is 7.97. The fourth-order valence-corrected chi connectivity index (χ4v) is 2.93. The third kappa shape index (κ3) is 4.44. The van der Waals surface area contributed by atoms with E-state index in [4.69, 9.17) is 11.6 Å². The second kappa shape index (κ2) is 7.96. The summed E-state index contributed by atoms with van der Waals surface area (Å²) in [5.41, 5.74) is 1.01. The van der Waals surface area contributed by atoms with Crippen molar-refractivity contribution in [2.45, 2.75) is 45.2 Å². The van der Waals surface area contributed by atoms with E-state index in [1.807, 2.05) is 6.07 Å². The number of hydrogen-bond acceptors (Lipinski definition) is 2. The number of piperidine rings is 1. The van der Waals surface area contributed by atoms with Crippen molar-refractivity contribution in [3.8, 4) is 0 Å². The van der Waals surface area contributed by atoms with Gasteiger partial charge in [0.05, 0.1) is 5.02 Å². The second-order valence-electron chi connectivity index (χ2n) is 5.57. The van der Waals surface area contributed by atoms with Crippen LogP contribution in [0.5, 0.6) is 0 Å². The molecule has 1 saturated heterocycles. The molecule has 1 aliphatic rings. The highest BCUT2D eigenvalue weighted by atomic mass is 35.5. The molecule has 1 heterocycles. The first-order chi connectivity index (χ1) is 9.70. The Morgan fingerprint density at radius 3 is 3.00 bits per heavy atom. The highest BCUT2D eigenvalue weighted by Gasteiger charge is 2.22. The Morgan fingerprint density at radius 1 is 1.40 bits per heavy atom. The summed E-state index contributed by atoms with van der Waals surface area (Å²) < 4.78 is 13.5. The largest absolute Gasteiger partial charge is 0.315 e. The van der Waals surface area contributed by atoms with E-state index in [1.165, 1.54) is 19.3 Å². The summed E-state index contributed by atoms with van der Waals surface area (Å²) >= 11 is 5.74. The maximum atomic E-state index is 13.5. The standard InChI is InChI=1S/C16H24ClFN2/c1-2-8-19-11-14-5-3-4-9-20(14)12-13-6-7-15(17)16(18)10-13/h6-7,10,14,19H,2-5,8-9,11-12H2,1H3. The summed E-state index contributed by atoms with van der Waals surface area (Å²) in [6, 6.07) is 5.71. The van der Waals surface area contributed by atoms with Crippen LogP contribution in [0.3, 0.4) is 0 Å². The average molecular weight is 299 g/mol. The van der Waals surface area contributed by atoms with Crippen LogP contribution >= 0.6 is 11.6 Å². The topological polar surface area (TPSA) is 15.3 Å². The van der Waals surface area contributed by atoms with E-state index in [-0.39, 0.29) is 10.8 Å². The van der Waals surface area contributed by atoms with Gasteiger partial charge in [-0.25, -0.2) is 4.39 Å². The van der Waals surface area contributed by atoms with Crippen molar-refractivity contribution in [1.82, 2.24) is 10.2 Å². The van der Waals surface area contributed by atoms with Crippen molar-refractivity contribution >= 4 is 11.6 Å². The minimum Gasteiger partial charge on any atom is -0.315 e. The van der Waals surface area contributed by atoms with Gasteiger partial charge in [-0.3, -0.25) is 4.90 Å². The molecule has 0 aliphatic carbocycles. The molecule has 4 heteroatoms. The molecule has 0 saturated carbocycles.